The van der Waals surface area contributed by atoms with Gasteiger partial charge in [-0.2, -0.15) is 11.8 Å². The zero-order valence-corrected chi connectivity index (χ0v) is 19.9. The monoisotopic (exact) mass is 482 g/mol. The molecule has 0 aliphatic carbocycles. The Labute approximate surface area is 193 Å². The first-order chi connectivity index (χ1) is 14.9. The van der Waals surface area contributed by atoms with Gasteiger partial charge in [-0.3, -0.25) is 4.79 Å². The standard InChI is InChI=1S/C22H27ClN2O4S2/c1-29-21-10-9-18(15-19(21)22(26)25-12-5-2-6-13-25)31(27,28)24-11-14-30-16-17-7-3-4-8-20(17)23/h3-4,7-10,15,24H,2,5-6,11-14,16H2,1H3. The Morgan fingerprint density at radius 2 is 1.90 bits per heavy atom. The van der Waals surface area contributed by atoms with Gasteiger partial charge in [0.1, 0.15) is 5.75 Å². The lowest BCUT2D eigenvalue weighted by atomic mass is 10.1. The number of carbonyl (C=O) groups is 1. The summed E-state index contributed by atoms with van der Waals surface area (Å²) < 4.78 is 33.5. The van der Waals surface area contributed by atoms with Crippen molar-refractivity contribution in [1.82, 2.24) is 9.62 Å². The predicted molar refractivity (Wildman–Crippen MR) is 126 cm³/mol. The fourth-order valence-electron chi connectivity index (χ4n) is 3.42. The molecule has 3 rings (SSSR count). The van der Waals surface area contributed by atoms with Gasteiger partial charge in [0.2, 0.25) is 10.0 Å². The summed E-state index contributed by atoms with van der Waals surface area (Å²) in [5.41, 5.74) is 1.30. The number of halogens is 1. The first-order valence-electron chi connectivity index (χ1n) is 10.2. The summed E-state index contributed by atoms with van der Waals surface area (Å²) in [6.45, 7) is 1.64. The number of hydrogen-bond donors (Lipinski definition) is 1. The second-order valence-corrected chi connectivity index (χ2v) is 10.5. The van der Waals surface area contributed by atoms with Crippen molar-refractivity contribution in [2.24, 2.45) is 0 Å². The molecule has 1 fully saturated rings. The molecule has 0 radical (unpaired) electrons. The van der Waals surface area contributed by atoms with Crippen LogP contribution in [0, 0.1) is 0 Å². The molecule has 0 bridgehead atoms. The summed E-state index contributed by atoms with van der Waals surface area (Å²) in [5.74, 6) is 1.49. The molecule has 1 aliphatic heterocycles. The van der Waals surface area contributed by atoms with Crippen molar-refractivity contribution in [2.75, 3.05) is 32.5 Å². The van der Waals surface area contributed by atoms with Crippen LogP contribution in [0.5, 0.6) is 5.75 Å². The number of nitrogens with zero attached hydrogens (tertiary/aromatic N) is 1. The molecule has 1 N–H and O–H groups in total. The first kappa shape index (κ1) is 23.9. The number of nitrogens with one attached hydrogen (secondary N) is 1. The lowest BCUT2D eigenvalue weighted by Crippen LogP contribution is -2.36. The summed E-state index contributed by atoms with van der Waals surface area (Å²) in [4.78, 5) is 14.8. The fraction of sp³-hybridized carbons (Fsp3) is 0.409. The van der Waals surface area contributed by atoms with Crippen LogP contribution in [0.2, 0.25) is 5.02 Å². The Morgan fingerprint density at radius 3 is 2.61 bits per heavy atom. The third kappa shape index (κ3) is 6.38. The minimum Gasteiger partial charge on any atom is -0.496 e. The van der Waals surface area contributed by atoms with E-state index in [1.54, 1.807) is 16.7 Å². The molecule has 0 atom stereocenters. The van der Waals surface area contributed by atoms with Crippen LogP contribution in [-0.2, 0) is 15.8 Å². The maximum atomic E-state index is 12.9. The lowest BCUT2D eigenvalue weighted by Gasteiger charge is -2.27. The SMILES string of the molecule is COc1ccc(S(=O)(=O)NCCSCc2ccccc2Cl)cc1C(=O)N1CCCCC1. The highest BCUT2D eigenvalue weighted by molar-refractivity contribution is 7.98. The largest absolute Gasteiger partial charge is 0.496 e. The predicted octanol–water partition coefficient (Wildman–Crippen LogP) is 4.19. The number of likely N-dealkylation sites (tertiary alicyclic amines) is 1. The van der Waals surface area contributed by atoms with Gasteiger partial charge in [-0.05, 0) is 49.1 Å². The molecule has 6 nitrogen and oxygen atoms in total. The third-order valence-electron chi connectivity index (χ3n) is 5.11. The molecule has 1 aliphatic rings. The molecule has 2 aromatic rings. The van der Waals surface area contributed by atoms with Crippen LogP contribution in [0.4, 0.5) is 0 Å². The van der Waals surface area contributed by atoms with E-state index in [0.717, 1.165) is 24.8 Å². The quantitative estimate of drug-likeness (QED) is 0.542. The molecule has 1 saturated heterocycles. The summed E-state index contributed by atoms with van der Waals surface area (Å²) in [6.07, 6.45) is 3.02. The number of rotatable bonds is 9. The van der Waals surface area contributed by atoms with E-state index >= 15 is 0 Å². The van der Waals surface area contributed by atoms with E-state index < -0.39 is 10.0 Å². The Hall–Kier alpha value is -1.74. The van der Waals surface area contributed by atoms with Crippen molar-refractivity contribution < 1.29 is 17.9 Å². The molecule has 31 heavy (non-hydrogen) atoms. The number of carbonyl (C=O) groups excluding carboxylic acids is 1. The highest BCUT2D eigenvalue weighted by Gasteiger charge is 2.24. The third-order valence-corrected chi connectivity index (χ3v) is 7.94. The van der Waals surface area contributed by atoms with E-state index in [-0.39, 0.29) is 22.9 Å². The van der Waals surface area contributed by atoms with Gasteiger partial charge in [-0.15, -0.1) is 0 Å². The average Bonchev–Trinajstić information content (AvgIpc) is 2.79. The van der Waals surface area contributed by atoms with Crippen molar-refractivity contribution in [3.63, 3.8) is 0 Å². The van der Waals surface area contributed by atoms with E-state index in [0.29, 0.717) is 35.4 Å². The van der Waals surface area contributed by atoms with Crippen LogP contribution < -0.4 is 9.46 Å². The molecule has 2 aromatic carbocycles. The molecule has 168 valence electrons. The number of amides is 1. The molecular formula is C22H27ClN2O4S2. The van der Waals surface area contributed by atoms with Crippen molar-refractivity contribution in [3.05, 3.63) is 58.6 Å². The van der Waals surface area contributed by atoms with Crippen molar-refractivity contribution in [1.29, 1.82) is 0 Å². The smallest absolute Gasteiger partial charge is 0.257 e. The number of piperidine rings is 1. The van der Waals surface area contributed by atoms with Crippen LogP contribution >= 0.6 is 23.4 Å². The van der Waals surface area contributed by atoms with Crippen molar-refractivity contribution in [3.8, 4) is 5.75 Å². The summed E-state index contributed by atoms with van der Waals surface area (Å²) in [5, 5.41) is 0.708. The van der Waals surface area contributed by atoms with Gasteiger partial charge in [0.15, 0.2) is 0 Å². The molecule has 0 unspecified atom stereocenters. The molecule has 1 amide bonds. The summed E-state index contributed by atoms with van der Waals surface area (Å²) in [7, 11) is -2.26. The second kappa shape index (κ2) is 11.2. The lowest BCUT2D eigenvalue weighted by molar-refractivity contribution is 0.0720. The van der Waals surface area contributed by atoms with E-state index in [1.807, 2.05) is 24.3 Å². The minimum atomic E-state index is -3.74. The summed E-state index contributed by atoms with van der Waals surface area (Å²) >= 11 is 7.74. The zero-order chi connectivity index (χ0) is 22.3. The van der Waals surface area contributed by atoms with E-state index in [1.165, 1.54) is 25.3 Å². The van der Waals surface area contributed by atoms with Gasteiger partial charge in [-0.1, -0.05) is 29.8 Å². The first-order valence-corrected chi connectivity index (χ1v) is 13.2. The van der Waals surface area contributed by atoms with E-state index in [4.69, 9.17) is 16.3 Å². The number of hydrogen-bond acceptors (Lipinski definition) is 5. The number of methoxy groups -OCH3 is 1. The van der Waals surface area contributed by atoms with E-state index in [2.05, 4.69) is 4.72 Å². The van der Waals surface area contributed by atoms with Crippen molar-refractivity contribution >= 4 is 39.3 Å². The van der Waals surface area contributed by atoms with Gasteiger partial charge in [0.05, 0.1) is 17.6 Å². The van der Waals surface area contributed by atoms with Crippen LogP contribution in [-0.4, -0.2) is 51.7 Å². The molecule has 0 aromatic heterocycles. The maximum Gasteiger partial charge on any atom is 0.257 e. The van der Waals surface area contributed by atoms with Crippen LogP contribution in [0.25, 0.3) is 0 Å². The second-order valence-electron chi connectivity index (χ2n) is 7.26. The van der Waals surface area contributed by atoms with Gasteiger partial charge in [0.25, 0.3) is 5.91 Å². The van der Waals surface area contributed by atoms with Crippen LogP contribution in [0.3, 0.4) is 0 Å². The Bertz CT molecular complexity index is 1010. The molecule has 9 heteroatoms. The molecule has 0 spiro atoms. The summed E-state index contributed by atoms with van der Waals surface area (Å²) in [6, 6.07) is 12.0. The van der Waals surface area contributed by atoms with Crippen molar-refractivity contribution in [2.45, 2.75) is 29.9 Å². The molecular weight excluding hydrogens is 456 g/mol. The Kier molecular flexibility index (Phi) is 8.66. The Balaban J connectivity index is 1.62. The van der Waals surface area contributed by atoms with Gasteiger partial charge in [-0.25, -0.2) is 13.1 Å². The normalized spacial score (nSPS) is 14.5. The number of benzene rings is 2. The minimum absolute atomic E-state index is 0.0600. The molecule has 1 heterocycles. The van der Waals surface area contributed by atoms with Crippen LogP contribution in [0.15, 0.2) is 47.4 Å². The zero-order valence-electron chi connectivity index (χ0n) is 17.5. The van der Waals surface area contributed by atoms with Crippen LogP contribution in [0.1, 0.15) is 35.2 Å². The maximum absolute atomic E-state index is 12.9. The fourth-order valence-corrected chi connectivity index (χ4v) is 5.75. The average molecular weight is 483 g/mol. The highest BCUT2D eigenvalue weighted by atomic mass is 35.5. The van der Waals surface area contributed by atoms with Gasteiger partial charge in [0, 0.05) is 36.2 Å². The topological polar surface area (TPSA) is 75.7 Å². The van der Waals surface area contributed by atoms with E-state index in [9.17, 15) is 13.2 Å². The van der Waals surface area contributed by atoms with Gasteiger partial charge < -0.3 is 9.64 Å². The number of sulfonamides is 1. The number of ether oxygens (including phenoxy) is 1. The number of thioether (sulfide) groups is 1. The molecule has 0 saturated carbocycles. The van der Waals surface area contributed by atoms with Gasteiger partial charge >= 0.3 is 0 Å². The Morgan fingerprint density at radius 1 is 1.16 bits per heavy atom. The highest BCUT2D eigenvalue weighted by Crippen LogP contribution is 2.25.